The molecule has 2 aromatic rings. The van der Waals surface area contributed by atoms with Gasteiger partial charge < -0.3 is 14.2 Å². The smallest absolute Gasteiger partial charge is 0.340 e. The second-order valence-corrected chi connectivity index (χ2v) is 9.18. The third-order valence-corrected chi connectivity index (χ3v) is 5.60. The summed E-state index contributed by atoms with van der Waals surface area (Å²) in [6.07, 6.45) is 0. The van der Waals surface area contributed by atoms with Gasteiger partial charge in [0.2, 0.25) is 0 Å². The lowest BCUT2D eigenvalue weighted by Gasteiger charge is -2.17. The summed E-state index contributed by atoms with van der Waals surface area (Å²) in [5.41, 5.74) is 1.51. The van der Waals surface area contributed by atoms with Gasteiger partial charge in [-0.1, -0.05) is 31.9 Å². The SMILES string of the molecule is CCOC(=O)c1cc2c(Br)c(OC)c(OC)c(Br)c2nc1C(Br)Br. The second-order valence-electron chi connectivity index (χ2n) is 4.53. The number of pyridine rings is 1. The van der Waals surface area contributed by atoms with Crippen LogP contribution in [0.3, 0.4) is 0 Å². The molecule has 5 nitrogen and oxygen atoms in total. The van der Waals surface area contributed by atoms with Crippen LogP contribution in [-0.4, -0.2) is 31.8 Å². The van der Waals surface area contributed by atoms with Gasteiger partial charge in [-0.05, 0) is 44.8 Å². The molecule has 1 aromatic carbocycles. The van der Waals surface area contributed by atoms with E-state index in [2.05, 4.69) is 68.7 Å². The van der Waals surface area contributed by atoms with Gasteiger partial charge in [-0.15, -0.1) is 0 Å². The molecule has 0 amide bonds. The number of ether oxygens (including phenoxy) is 3. The normalized spacial score (nSPS) is 11.0. The van der Waals surface area contributed by atoms with Crippen LogP contribution >= 0.6 is 63.7 Å². The van der Waals surface area contributed by atoms with Gasteiger partial charge in [0.15, 0.2) is 11.5 Å². The summed E-state index contributed by atoms with van der Waals surface area (Å²) in [6.45, 7) is 2.04. The Labute approximate surface area is 172 Å². The van der Waals surface area contributed by atoms with Crippen LogP contribution in [-0.2, 0) is 4.74 Å². The minimum Gasteiger partial charge on any atom is -0.492 e. The molecular weight excluding hydrogens is 578 g/mol. The highest BCUT2D eigenvalue weighted by molar-refractivity contribution is 9.24. The Bertz CT molecular complexity index is 795. The standard InChI is InChI=1S/C15H13Br4NO4/c1-4-24-15(21)7-5-6-8(16)12(22-2)13(23-3)9(17)10(6)20-11(7)14(18)19/h5,14H,4H2,1-3H3. The van der Waals surface area contributed by atoms with Gasteiger partial charge in [0.25, 0.3) is 0 Å². The lowest BCUT2D eigenvalue weighted by molar-refractivity contribution is 0.0525. The number of nitrogens with zero attached hydrogens (tertiary/aromatic N) is 1. The topological polar surface area (TPSA) is 57.7 Å². The molecule has 0 radical (unpaired) electrons. The number of halogens is 4. The Morgan fingerprint density at radius 3 is 2.25 bits per heavy atom. The summed E-state index contributed by atoms with van der Waals surface area (Å²) in [4.78, 5) is 16.9. The first-order valence-corrected chi connectivity index (χ1v) is 10.2. The molecule has 0 saturated heterocycles. The van der Waals surface area contributed by atoms with Crippen molar-refractivity contribution in [3.63, 3.8) is 0 Å². The van der Waals surface area contributed by atoms with Crippen molar-refractivity contribution in [2.45, 2.75) is 10.7 Å². The molecule has 2 rings (SSSR count). The molecule has 0 N–H and O–H groups in total. The number of carbonyl (C=O) groups is 1. The highest BCUT2D eigenvalue weighted by Gasteiger charge is 2.25. The van der Waals surface area contributed by atoms with Gasteiger partial charge in [-0.3, -0.25) is 0 Å². The number of esters is 1. The quantitative estimate of drug-likeness (QED) is 0.328. The van der Waals surface area contributed by atoms with Crippen molar-refractivity contribution in [3.8, 4) is 11.5 Å². The van der Waals surface area contributed by atoms with Gasteiger partial charge in [-0.25, -0.2) is 9.78 Å². The Balaban J connectivity index is 2.89. The van der Waals surface area contributed by atoms with Gasteiger partial charge in [0, 0.05) is 5.39 Å². The van der Waals surface area contributed by atoms with Crippen molar-refractivity contribution in [2.75, 3.05) is 20.8 Å². The van der Waals surface area contributed by atoms with E-state index >= 15 is 0 Å². The Hall–Kier alpha value is -0.380. The maximum Gasteiger partial charge on any atom is 0.340 e. The van der Waals surface area contributed by atoms with Gasteiger partial charge in [0.1, 0.15) is 3.74 Å². The molecule has 0 aliphatic heterocycles. The first kappa shape index (κ1) is 19.9. The molecule has 0 spiro atoms. The van der Waals surface area contributed by atoms with Crippen LogP contribution < -0.4 is 9.47 Å². The highest BCUT2D eigenvalue weighted by Crippen LogP contribution is 2.47. The average molecular weight is 591 g/mol. The molecule has 0 saturated carbocycles. The molecule has 0 unspecified atom stereocenters. The molecule has 130 valence electrons. The fourth-order valence-corrected chi connectivity index (χ4v) is 4.18. The highest BCUT2D eigenvalue weighted by atomic mass is 79.9. The molecular formula is C15H13Br4NO4. The van der Waals surface area contributed by atoms with Crippen molar-refractivity contribution >= 4 is 80.6 Å². The Kier molecular flexibility index (Phi) is 6.92. The molecule has 0 aliphatic carbocycles. The van der Waals surface area contributed by atoms with Crippen LogP contribution in [0.2, 0.25) is 0 Å². The maximum absolute atomic E-state index is 12.3. The van der Waals surface area contributed by atoms with Crippen LogP contribution in [0.15, 0.2) is 15.0 Å². The fraction of sp³-hybridized carbons (Fsp3) is 0.333. The molecule has 1 aromatic heterocycles. The zero-order valence-corrected chi connectivity index (χ0v) is 19.3. The molecule has 0 fully saturated rings. The zero-order valence-electron chi connectivity index (χ0n) is 13.0. The molecule has 0 aliphatic rings. The maximum atomic E-state index is 12.3. The van der Waals surface area contributed by atoms with Crippen LogP contribution in [0.4, 0.5) is 0 Å². The lowest BCUT2D eigenvalue weighted by atomic mass is 10.1. The van der Waals surface area contributed by atoms with Gasteiger partial charge in [-0.2, -0.15) is 0 Å². The van der Waals surface area contributed by atoms with Crippen LogP contribution in [0.5, 0.6) is 11.5 Å². The number of carbonyl (C=O) groups excluding carboxylic acids is 1. The van der Waals surface area contributed by atoms with E-state index in [4.69, 9.17) is 14.2 Å². The van der Waals surface area contributed by atoms with Crippen molar-refractivity contribution < 1.29 is 19.0 Å². The van der Waals surface area contributed by atoms with E-state index < -0.39 is 5.97 Å². The van der Waals surface area contributed by atoms with E-state index in [0.29, 0.717) is 42.6 Å². The first-order valence-electron chi connectivity index (χ1n) is 6.76. The van der Waals surface area contributed by atoms with E-state index in [1.54, 1.807) is 27.2 Å². The number of aromatic nitrogens is 1. The summed E-state index contributed by atoms with van der Waals surface area (Å²) >= 11 is 13.8. The number of methoxy groups -OCH3 is 2. The van der Waals surface area contributed by atoms with Gasteiger partial charge >= 0.3 is 5.97 Å². The summed E-state index contributed by atoms with van der Waals surface area (Å²) < 4.78 is 16.9. The number of hydrogen-bond donors (Lipinski definition) is 0. The third kappa shape index (κ3) is 3.59. The predicted octanol–water partition coefficient (Wildman–Crippen LogP) is 5.74. The number of benzene rings is 1. The average Bonchev–Trinajstić information content (AvgIpc) is 2.56. The fourth-order valence-electron chi connectivity index (χ4n) is 2.19. The minimum atomic E-state index is -0.441. The van der Waals surface area contributed by atoms with E-state index in [1.165, 1.54) is 0 Å². The lowest BCUT2D eigenvalue weighted by Crippen LogP contribution is -2.10. The van der Waals surface area contributed by atoms with E-state index in [0.717, 1.165) is 0 Å². The predicted molar refractivity (Wildman–Crippen MR) is 107 cm³/mol. The number of fused-ring (bicyclic) bond motifs is 1. The van der Waals surface area contributed by atoms with Gasteiger partial charge in [0.05, 0.1) is 46.5 Å². The largest absolute Gasteiger partial charge is 0.492 e. The van der Waals surface area contributed by atoms with Crippen molar-refractivity contribution in [2.24, 2.45) is 0 Å². The zero-order chi connectivity index (χ0) is 18.0. The minimum absolute atomic E-state index is 0.280. The summed E-state index contributed by atoms with van der Waals surface area (Å²) in [5.74, 6) is 0.582. The molecule has 0 atom stereocenters. The first-order chi connectivity index (χ1) is 11.4. The molecule has 24 heavy (non-hydrogen) atoms. The second kappa shape index (κ2) is 8.33. The number of rotatable bonds is 5. The number of alkyl halides is 2. The summed E-state index contributed by atoms with van der Waals surface area (Å²) in [6, 6.07) is 1.72. The van der Waals surface area contributed by atoms with E-state index in [-0.39, 0.29) is 10.3 Å². The van der Waals surface area contributed by atoms with Crippen LogP contribution in [0, 0.1) is 0 Å². The molecule has 9 heteroatoms. The summed E-state index contributed by atoms with van der Waals surface area (Å²) in [7, 11) is 3.09. The number of hydrogen-bond acceptors (Lipinski definition) is 5. The summed E-state index contributed by atoms with van der Waals surface area (Å²) in [5, 5.41) is 0.701. The van der Waals surface area contributed by atoms with Crippen molar-refractivity contribution in [1.82, 2.24) is 4.98 Å². The van der Waals surface area contributed by atoms with Crippen LogP contribution in [0.25, 0.3) is 10.9 Å². The van der Waals surface area contributed by atoms with Crippen LogP contribution in [0.1, 0.15) is 26.7 Å². The van der Waals surface area contributed by atoms with E-state index in [1.807, 2.05) is 0 Å². The van der Waals surface area contributed by atoms with Crippen molar-refractivity contribution in [1.29, 1.82) is 0 Å². The monoisotopic (exact) mass is 587 g/mol. The van der Waals surface area contributed by atoms with E-state index in [9.17, 15) is 4.79 Å². The molecule has 0 bridgehead atoms. The Morgan fingerprint density at radius 1 is 1.17 bits per heavy atom. The molecule has 1 heterocycles. The Morgan fingerprint density at radius 2 is 1.75 bits per heavy atom. The van der Waals surface area contributed by atoms with Crippen molar-refractivity contribution in [3.05, 3.63) is 26.3 Å². The third-order valence-electron chi connectivity index (χ3n) is 3.21.